The Hall–Kier alpha value is -0.610. The Labute approximate surface area is 108 Å². The summed E-state index contributed by atoms with van der Waals surface area (Å²) >= 11 is 1.87. The summed E-state index contributed by atoms with van der Waals surface area (Å²) in [5.74, 6) is 0. The van der Waals surface area contributed by atoms with Gasteiger partial charge in [0.25, 0.3) is 0 Å². The number of aromatic nitrogens is 1. The number of nitrogens with one attached hydrogen (secondary N) is 1. The molecule has 0 aliphatic carbocycles. The van der Waals surface area contributed by atoms with E-state index >= 15 is 0 Å². The van der Waals surface area contributed by atoms with Crippen molar-refractivity contribution < 1.29 is 0 Å². The number of rotatable bonds is 5. The van der Waals surface area contributed by atoms with Crippen LogP contribution in [0.3, 0.4) is 0 Å². The molecule has 0 spiro atoms. The quantitative estimate of drug-likeness (QED) is 0.874. The number of thiazole rings is 1. The van der Waals surface area contributed by atoms with E-state index in [0.29, 0.717) is 6.04 Å². The molecule has 3 nitrogen and oxygen atoms in total. The van der Waals surface area contributed by atoms with Crippen molar-refractivity contribution in [2.75, 3.05) is 24.5 Å². The maximum Gasteiger partial charge on any atom is 0.185 e. The van der Waals surface area contributed by atoms with Gasteiger partial charge >= 0.3 is 0 Å². The predicted molar refractivity (Wildman–Crippen MR) is 75.0 cm³/mol. The lowest BCUT2D eigenvalue weighted by Crippen LogP contribution is -2.19. The molecule has 17 heavy (non-hydrogen) atoms. The van der Waals surface area contributed by atoms with Crippen molar-refractivity contribution >= 4 is 16.5 Å². The molecule has 0 radical (unpaired) electrons. The standard InChI is InChI=1S/C13H23N3S/c1-4-7-14-10(2)12-11(3)15-13(17-12)16-8-5-6-9-16/h10,14H,4-9H2,1-3H3. The van der Waals surface area contributed by atoms with Crippen molar-refractivity contribution in [3.63, 3.8) is 0 Å². The van der Waals surface area contributed by atoms with E-state index in [1.165, 1.54) is 48.1 Å². The molecule has 1 fully saturated rings. The zero-order valence-corrected chi connectivity index (χ0v) is 11.9. The predicted octanol–water partition coefficient (Wildman–Crippen LogP) is 3.11. The SMILES string of the molecule is CCCNC(C)c1sc(N2CCCC2)nc1C. The summed E-state index contributed by atoms with van der Waals surface area (Å²) in [5.41, 5.74) is 1.20. The average Bonchev–Trinajstić information content (AvgIpc) is 2.94. The Kier molecular flexibility index (Phi) is 4.40. The molecule has 0 saturated carbocycles. The van der Waals surface area contributed by atoms with Crippen LogP contribution in [0.4, 0.5) is 5.13 Å². The fraction of sp³-hybridized carbons (Fsp3) is 0.769. The van der Waals surface area contributed by atoms with Crippen LogP contribution in [-0.2, 0) is 0 Å². The fourth-order valence-corrected chi connectivity index (χ4v) is 3.44. The minimum atomic E-state index is 0.434. The van der Waals surface area contributed by atoms with Gasteiger partial charge in [0.05, 0.1) is 5.69 Å². The average molecular weight is 253 g/mol. The van der Waals surface area contributed by atoms with E-state index in [1.54, 1.807) is 0 Å². The van der Waals surface area contributed by atoms with Crippen molar-refractivity contribution in [1.82, 2.24) is 10.3 Å². The van der Waals surface area contributed by atoms with Gasteiger partial charge in [-0.25, -0.2) is 4.98 Å². The normalized spacial score (nSPS) is 17.7. The summed E-state index contributed by atoms with van der Waals surface area (Å²) in [4.78, 5) is 8.55. The van der Waals surface area contributed by atoms with Gasteiger partial charge in [-0.2, -0.15) is 0 Å². The first kappa shape index (κ1) is 12.8. The number of hydrogen-bond acceptors (Lipinski definition) is 4. The van der Waals surface area contributed by atoms with Crippen LogP contribution in [0.25, 0.3) is 0 Å². The van der Waals surface area contributed by atoms with Gasteiger partial charge in [0.1, 0.15) is 0 Å². The first-order chi connectivity index (χ1) is 8.22. The zero-order chi connectivity index (χ0) is 12.3. The summed E-state index contributed by atoms with van der Waals surface area (Å²) in [6.07, 6.45) is 3.82. The second kappa shape index (κ2) is 5.83. The van der Waals surface area contributed by atoms with E-state index in [1.807, 2.05) is 11.3 Å². The fourth-order valence-electron chi connectivity index (χ4n) is 2.29. The third-order valence-corrected chi connectivity index (χ3v) is 4.69. The summed E-state index contributed by atoms with van der Waals surface area (Å²) in [6.45, 7) is 10.0. The lowest BCUT2D eigenvalue weighted by atomic mass is 10.2. The smallest absolute Gasteiger partial charge is 0.185 e. The maximum atomic E-state index is 4.73. The van der Waals surface area contributed by atoms with Crippen LogP contribution in [0.5, 0.6) is 0 Å². The Morgan fingerprint density at radius 3 is 2.76 bits per heavy atom. The first-order valence-electron chi connectivity index (χ1n) is 6.68. The van der Waals surface area contributed by atoms with Crippen LogP contribution in [0.1, 0.15) is 49.7 Å². The molecule has 1 aliphatic heterocycles. The van der Waals surface area contributed by atoms with Gasteiger partial charge in [-0.1, -0.05) is 6.92 Å². The molecule has 2 heterocycles. The monoisotopic (exact) mass is 253 g/mol. The van der Waals surface area contributed by atoms with E-state index in [2.05, 4.69) is 31.0 Å². The van der Waals surface area contributed by atoms with Gasteiger partial charge in [0.15, 0.2) is 5.13 Å². The first-order valence-corrected chi connectivity index (χ1v) is 7.49. The third-order valence-electron chi connectivity index (χ3n) is 3.29. The number of nitrogens with zero attached hydrogens (tertiary/aromatic N) is 2. The molecule has 1 aliphatic rings. The summed E-state index contributed by atoms with van der Waals surface area (Å²) < 4.78 is 0. The van der Waals surface area contributed by atoms with Gasteiger partial charge < -0.3 is 10.2 Å². The van der Waals surface area contributed by atoms with E-state index < -0.39 is 0 Å². The largest absolute Gasteiger partial charge is 0.348 e. The molecule has 1 aromatic heterocycles. The second-order valence-electron chi connectivity index (χ2n) is 4.82. The van der Waals surface area contributed by atoms with E-state index in [4.69, 9.17) is 4.98 Å². The second-order valence-corrected chi connectivity index (χ2v) is 5.83. The number of hydrogen-bond donors (Lipinski definition) is 1. The van der Waals surface area contributed by atoms with Crippen molar-refractivity contribution in [2.24, 2.45) is 0 Å². The van der Waals surface area contributed by atoms with Crippen molar-refractivity contribution in [1.29, 1.82) is 0 Å². The Balaban J connectivity index is 2.06. The van der Waals surface area contributed by atoms with Gasteiger partial charge in [-0.05, 0) is 39.7 Å². The lowest BCUT2D eigenvalue weighted by Gasteiger charge is -2.13. The summed E-state index contributed by atoms with van der Waals surface area (Å²) in [5, 5.41) is 4.77. The number of anilines is 1. The molecule has 2 rings (SSSR count). The van der Waals surface area contributed by atoms with Crippen molar-refractivity contribution in [2.45, 2.75) is 46.1 Å². The number of aryl methyl sites for hydroxylation is 1. The molecular formula is C13H23N3S. The van der Waals surface area contributed by atoms with Gasteiger partial charge in [0, 0.05) is 24.0 Å². The zero-order valence-electron chi connectivity index (χ0n) is 11.1. The molecule has 0 amide bonds. The van der Waals surface area contributed by atoms with E-state index in [-0.39, 0.29) is 0 Å². The molecule has 1 atom stereocenters. The highest BCUT2D eigenvalue weighted by Crippen LogP contribution is 2.32. The molecule has 1 unspecified atom stereocenters. The topological polar surface area (TPSA) is 28.2 Å². The van der Waals surface area contributed by atoms with Gasteiger partial charge in [-0.3, -0.25) is 0 Å². The highest BCUT2D eigenvalue weighted by atomic mass is 32.1. The minimum absolute atomic E-state index is 0.434. The summed E-state index contributed by atoms with van der Waals surface area (Å²) in [6, 6.07) is 0.434. The third kappa shape index (κ3) is 2.99. The van der Waals surface area contributed by atoms with E-state index in [9.17, 15) is 0 Å². The van der Waals surface area contributed by atoms with Crippen molar-refractivity contribution in [3.05, 3.63) is 10.6 Å². The summed E-state index contributed by atoms with van der Waals surface area (Å²) in [7, 11) is 0. The van der Waals surface area contributed by atoms with Crippen LogP contribution in [-0.4, -0.2) is 24.6 Å². The lowest BCUT2D eigenvalue weighted by molar-refractivity contribution is 0.575. The minimum Gasteiger partial charge on any atom is -0.348 e. The highest BCUT2D eigenvalue weighted by Gasteiger charge is 2.19. The maximum absolute atomic E-state index is 4.73. The molecular weight excluding hydrogens is 230 g/mol. The Morgan fingerprint density at radius 1 is 1.41 bits per heavy atom. The van der Waals surface area contributed by atoms with Crippen LogP contribution in [0.2, 0.25) is 0 Å². The Morgan fingerprint density at radius 2 is 2.12 bits per heavy atom. The van der Waals surface area contributed by atoms with Crippen LogP contribution in [0.15, 0.2) is 0 Å². The molecule has 1 N–H and O–H groups in total. The van der Waals surface area contributed by atoms with Crippen LogP contribution in [0, 0.1) is 6.92 Å². The molecule has 0 aromatic carbocycles. The molecule has 1 saturated heterocycles. The molecule has 96 valence electrons. The molecule has 0 bridgehead atoms. The molecule has 1 aromatic rings. The van der Waals surface area contributed by atoms with Crippen LogP contribution >= 0.6 is 11.3 Å². The van der Waals surface area contributed by atoms with E-state index in [0.717, 1.165) is 6.54 Å². The van der Waals surface area contributed by atoms with Gasteiger partial charge in [0.2, 0.25) is 0 Å². The van der Waals surface area contributed by atoms with Crippen LogP contribution < -0.4 is 10.2 Å². The van der Waals surface area contributed by atoms with Gasteiger partial charge in [-0.15, -0.1) is 11.3 Å². The van der Waals surface area contributed by atoms with Crippen molar-refractivity contribution in [3.8, 4) is 0 Å². The molecule has 4 heteroatoms. The Bertz CT molecular complexity index is 356. The highest BCUT2D eigenvalue weighted by molar-refractivity contribution is 7.15.